The van der Waals surface area contributed by atoms with Crippen LogP contribution in [0, 0.1) is 0 Å². The van der Waals surface area contributed by atoms with E-state index in [0.29, 0.717) is 29.8 Å². The third-order valence-corrected chi connectivity index (χ3v) is 6.03. The molecule has 30 heavy (non-hydrogen) atoms. The van der Waals surface area contributed by atoms with Gasteiger partial charge in [-0.05, 0) is 43.4 Å². The van der Waals surface area contributed by atoms with Crippen LogP contribution in [-0.4, -0.2) is 30.6 Å². The van der Waals surface area contributed by atoms with Crippen molar-refractivity contribution in [1.82, 2.24) is 30.1 Å². The van der Waals surface area contributed by atoms with Crippen molar-refractivity contribution in [1.29, 1.82) is 0 Å². The van der Waals surface area contributed by atoms with Gasteiger partial charge in [0.2, 0.25) is 5.91 Å². The fourth-order valence-electron chi connectivity index (χ4n) is 3.91. The summed E-state index contributed by atoms with van der Waals surface area (Å²) in [5.41, 5.74) is 2.16. The molecule has 2 aliphatic rings. The number of fused-ring (bicyclic) bond motifs is 1. The van der Waals surface area contributed by atoms with E-state index in [1.54, 1.807) is 0 Å². The van der Waals surface area contributed by atoms with E-state index in [0.717, 1.165) is 42.6 Å². The van der Waals surface area contributed by atoms with Gasteiger partial charge in [-0.15, -0.1) is 10.2 Å². The summed E-state index contributed by atoms with van der Waals surface area (Å²) in [5, 5.41) is 15.6. The van der Waals surface area contributed by atoms with Gasteiger partial charge in [0, 0.05) is 17.7 Å². The maximum atomic E-state index is 12.9. The van der Waals surface area contributed by atoms with Crippen molar-refractivity contribution in [2.45, 2.75) is 43.6 Å². The highest BCUT2D eigenvalue weighted by Gasteiger charge is 2.51. The van der Waals surface area contributed by atoms with Crippen molar-refractivity contribution in [3.63, 3.8) is 0 Å². The molecule has 150 valence electrons. The Kier molecular flexibility index (Phi) is 3.74. The first-order valence-electron chi connectivity index (χ1n) is 10.2. The highest BCUT2D eigenvalue weighted by molar-refractivity contribution is 5.91. The molecule has 2 fully saturated rings. The number of hydrogen-bond donors (Lipinski definition) is 1. The number of aromatic nitrogens is 5. The van der Waals surface area contributed by atoms with Gasteiger partial charge in [-0.25, -0.2) is 0 Å². The standard InChI is InChI=1S/C22H20N6O2/c29-21(22(9-10-22)16-4-2-1-3-5-16)23-13-18-26-25-17-12-15(8-11-28(17)18)20-24-19(27-30-20)14-6-7-14/h1-5,8,11-12,14H,6-7,9-10,13H2,(H,23,29). The second-order valence-electron chi connectivity index (χ2n) is 8.12. The average molecular weight is 400 g/mol. The van der Waals surface area contributed by atoms with E-state index in [1.807, 2.05) is 53.1 Å². The number of nitrogens with zero attached hydrogens (tertiary/aromatic N) is 5. The zero-order valence-electron chi connectivity index (χ0n) is 16.3. The molecule has 6 rings (SSSR count). The van der Waals surface area contributed by atoms with Crippen LogP contribution in [0.15, 0.2) is 53.2 Å². The van der Waals surface area contributed by atoms with E-state index < -0.39 is 5.41 Å². The fraction of sp³-hybridized carbons (Fsp3) is 0.318. The van der Waals surface area contributed by atoms with Gasteiger partial charge in [0.1, 0.15) is 0 Å². The second kappa shape index (κ2) is 6.48. The number of carbonyl (C=O) groups is 1. The van der Waals surface area contributed by atoms with Crippen LogP contribution in [0.1, 0.15) is 48.8 Å². The first-order valence-corrected chi connectivity index (χ1v) is 10.2. The van der Waals surface area contributed by atoms with Gasteiger partial charge in [-0.2, -0.15) is 4.98 Å². The molecule has 1 N–H and O–H groups in total. The normalized spacial score (nSPS) is 17.2. The predicted molar refractivity (Wildman–Crippen MR) is 107 cm³/mol. The molecule has 0 atom stereocenters. The largest absolute Gasteiger partial charge is 0.348 e. The molecule has 4 aromatic rings. The summed E-state index contributed by atoms with van der Waals surface area (Å²) in [5.74, 6) is 2.44. The Morgan fingerprint density at radius 3 is 2.77 bits per heavy atom. The molecule has 8 nitrogen and oxygen atoms in total. The van der Waals surface area contributed by atoms with E-state index in [1.165, 1.54) is 0 Å². The Labute approximate surface area is 172 Å². The van der Waals surface area contributed by atoms with Crippen LogP contribution >= 0.6 is 0 Å². The summed E-state index contributed by atoms with van der Waals surface area (Å²) in [4.78, 5) is 17.4. The number of rotatable bonds is 6. The molecule has 0 spiro atoms. The van der Waals surface area contributed by atoms with E-state index >= 15 is 0 Å². The van der Waals surface area contributed by atoms with Gasteiger partial charge in [-0.3, -0.25) is 9.20 Å². The molecular weight excluding hydrogens is 380 g/mol. The van der Waals surface area contributed by atoms with E-state index in [4.69, 9.17) is 4.52 Å². The number of carbonyl (C=O) groups excluding carboxylic acids is 1. The Balaban J connectivity index is 1.19. The molecular formula is C22H20N6O2. The van der Waals surface area contributed by atoms with Crippen molar-refractivity contribution < 1.29 is 9.32 Å². The van der Waals surface area contributed by atoms with E-state index in [-0.39, 0.29) is 5.91 Å². The molecule has 0 bridgehead atoms. The smallest absolute Gasteiger partial charge is 0.258 e. The maximum absolute atomic E-state index is 12.9. The number of amides is 1. The molecule has 3 aromatic heterocycles. The van der Waals surface area contributed by atoms with Gasteiger partial charge in [0.05, 0.1) is 12.0 Å². The van der Waals surface area contributed by atoms with Crippen molar-refractivity contribution >= 4 is 11.6 Å². The summed E-state index contributed by atoms with van der Waals surface area (Å²) >= 11 is 0. The minimum Gasteiger partial charge on any atom is -0.348 e. The summed E-state index contributed by atoms with van der Waals surface area (Å²) in [6.45, 7) is 0.320. The highest BCUT2D eigenvalue weighted by atomic mass is 16.5. The van der Waals surface area contributed by atoms with Gasteiger partial charge in [0.15, 0.2) is 17.3 Å². The third-order valence-electron chi connectivity index (χ3n) is 6.03. The zero-order valence-corrected chi connectivity index (χ0v) is 16.3. The molecule has 0 aliphatic heterocycles. The lowest BCUT2D eigenvalue weighted by Crippen LogP contribution is -2.34. The van der Waals surface area contributed by atoms with Crippen LogP contribution in [0.5, 0.6) is 0 Å². The quantitative estimate of drug-likeness (QED) is 0.534. The molecule has 3 heterocycles. The molecule has 0 unspecified atom stereocenters. The molecule has 1 amide bonds. The lowest BCUT2D eigenvalue weighted by atomic mass is 9.95. The molecule has 2 saturated carbocycles. The minimum absolute atomic E-state index is 0.0422. The topological polar surface area (TPSA) is 98.2 Å². The van der Waals surface area contributed by atoms with Crippen LogP contribution in [0.2, 0.25) is 0 Å². The van der Waals surface area contributed by atoms with Crippen molar-refractivity contribution in [2.24, 2.45) is 0 Å². The van der Waals surface area contributed by atoms with Gasteiger partial charge < -0.3 is 9.84 Å². The van der Waals surface area contributed by atoms with Gasteiger partial charge in [0.25, 0.3) is 5.89 Å². The Bertz CT molecular complexity index is 1240. The van der Waals surface area contributed by atoms with Crippen molar-refractivity contribution in [3.05, 3.63) is 65.9 Å². The summed E-state index contributed by atoms with van der Waals surface area (Å²) < 4.78 is 7.26. The zero-order chi connectivity index (χ0) is 20.1. The van der Waals surface area contributed by atoms with E-state index in [2.05, 4.69) is 25.7 Å². The first kappa shape index (κ1) is 17.3. The molecule has 0 radical (unpaired) electrons. The molecule has 2 aliphatic carbocycles. The number of benzene rings is 1. The van der Waals surface area contributed by atoms with Crippen LogP contribution in [-0.2, 0) is 16.8 Å². The summed E-state index contributed by atoms with van der Waals surface area (Å²) in [6.07, 6.45) is 5.88. The predicted octanol–water partition coefficient (Wildman–Crippen LogP) is 3.00. The molecule has 1 aromatic carbocycles. The average Bonchev–Trinajstić information content (AvgIpc) is 3.71. The maximum Gasteiger partial charge on any atom is 0.258 e. The van der Waals surface area contributed by atoms with Crippen LogP contribution in [0.25, 0.3) is 17.1 Å². The molecule has 0 saturated heterocycles. The third kappa shape index (κ3) is 2.87. The lowest BCUT2D eigenvalue weighted by molar-refractivity contribution is -0.123. The number of pyridine rings is 1. The molecule has 8 heteroatoms. The summed E-state index contributed by atoms with van der Waals surface area (Å²) in [7, 11) is 0. The highest BCUT2D eigenvalue weighted by Crippen LogP contribution is 2.48. The second-order valence-corrected chi connectivity index (χ2v) is 8.12. The number of nitrogens with one attached hydrogen (secondary N) is 1. The minimum atomic E-state index is -0.397. The van der Waals surface area contributed by atoms with E-state index in [9.17, 15) is 4.79 Å². The number of hydrogen-bond acceptors (Lipinski definition) is 6. The lowest BCUT2D eigenvalue weighted by Gasteiger charge is -2.15. The van der Waals surface area contributed by atoms with Gasteiger partial charge >= 0.3 is 0 Å². The SMILES string of the molecule is O=C(NCc1nnc2cc(-c3nc(C4CC4)no3)ccn12)C1(c2ccccc2)CC1. The Morgan fingerprint density at radius 2 is 2.00 bits per heavy atom. The van der Waals surface area contributed by atoms with Gasteiger partial charge in [-0.1, -0.05) is 35.5 Å². The van der Waals surface area contributed by atoms with Crippen LogP contribution in [0.3, 0.4) is 0 Å². The Morgan fingerprint density at radius 1 is 1.17 bits per heavy atom. The Hall–Kier alpha value is -3.55. The van der Waals surface area contributed by atoms with Crippen molar-refractivity contribution in [3.8, 4) is 11.5 Å². The van der Waals surface area contributed by atoms with Crippen molar-refractivity contribution in [2.75, 3.05) is 0 Å². The summed E-state index contributed by atoms with van der Waals surface area (Å²) in [6, 6.07) is 13.7. The fourth-order valence-corrected chi connectivity index (χ4v) is 3.91. The van der Waals surface area contributed by atoms with Crippen LogP contribution < -0.4 is 5.32 Å². The van der Waals surface area contributed by atoms with Crippen LogP contribution in [0.4, 0.5) is 0 Å². The monoisotopic (exact) mass is 400 g/mol. The first-order chi connectivity index (χ1) is 14.7.